The van der Waals surface area contributed by atoms with Crippen molar-refractivity contribution in [1.29, 1.82) is 0 Å². The van der Waals surface area contributed by atoms with Crippen LogP contribution in [0.1, 0.15) is 43.0 Å². The molecular formula is C13H19ClN4O. The average molecular weight is 283 g/mol. The highest BCUT2D eigenvalue weighted by Crippen LogP contribution is 2.21. The number of amides is 1. The van der Waals surface area contributed by atoms with Crippen LogP contribution in [0.25, 0.3) is 0 Å². The Hall–Kier alpha value is -1.33. The van der Waals surface area contributed by atoms with E-state index in [1.165, 1.54) is 12.8 Å². The second-order valence-electron chi connectivity index (χ2n) is 4.91. The van der Waals surface area contributed by atoms with Crippen molar-refractivity contribution in [3.63, 3.8) is 0 Å². The second-order valence-corrected chi connectivity index (χ2v) is 5.29. The van der Waals surface area contributed by atoms with Crippen LogP contribution in [-0.4, -0.2) is 28.4 Å². The minimum atomic E-state index is -0.00444. The molecule has 0 aliphatic carbocycles. The highest BCUT2D eigenvalue weighted by atomic mass is 35.5. The first-order valence-electron chi connectivity index (χ1n) is 6.57. The van der Waals surface area contributed by atoms with E-state index in [0.29, 0.717) is 11.4 Å². The van der Waals surface area contributed by atoms with Crippen LogP contribution >= 0.6 is 11.6 Å². The molecule has 19 heavy (non-hydrogen) atoms. The molecule has 2 rings (SSSR count). The van der Waals surface area contributed by atoms with Gasteiger partial charge in [-0.3, -0.25) is 4.79 Å². The minimum absolute atomic E-state index is 0.00444. The Labute approximate surface area is 118 Å². The van der Waals surface area contributed by atoms with Gasteiger partial charge in [-0.2, -0.15) is 0 Å². The van der Waals surface area contributed by atoms with E-state index in [1.807, 2.05) is 4.90 Å². The van der Waals surface area contributed by atoms with E-state index in [1.54, 1.807) is 12.1 Å². The fourth-order valence-corrected chi connectivity index (χ4v) is 2.65. The molecule has 5 nitrogen and oxygen atoms in total. The van der Waals surface area contributed by atoms with Crippen molar-refractivity contribution in [1.82, 2.24) is 9.88 Å². The maximum atomic E-state index is 12.6. The molecular weight excluding hydrogens is 264 g/mol. The van der Waals surface area contributed by atoms with Crippen LogP contribution in [0.3, 0.4) is 0 Å². The van der Waals surface area contributed by atoms with Gasteiger partial charge in [0.1, 0.15) is 11.0 Å². The Morgan fingerprint density at radius 3 is 3.00 bits per heavy atom. The first kappa shape index (κ1) is 14.1. The van der Waals surface area contributed by atoms with E-state index in [-0.39, 0.29) is 17.1 Å². The molecule has 0 saturated carbocycles. The Balaban J connectivity index is 2.24. The maximum absolute atomic E-state index is 12.6. The van der Waals surface area contributed by atoms with Gasteiger partial charge in [-0.1, -0.05) is 24.4 Å². The molecule has 1 unspecified atom stereocenters. The van der Waals surface area contributed by atoms with Gasteiger partial charge in [0.05, 0.1) is 0 Å². The van der Waals surface area contributed by atoms with Crippen LogP contribution < -0.4 is 11.3 Å². The van der Waals surface area contributed by atoms with Crippen molar-refractivity contribution in [2.24, 2.45) is 5.84 Å². The van der Waals surface area contributed by atoms with Crippen molar-refractivity contribution in [2.45, 2.75) is 38.6 Å². The number of carbonyl (C=O) groups is 1. The summed E-state index contributed by atoms with van der Waals surface area (Å²) in [7, 11) is 0. The summed E-state index contributed by atoms with van der Waals surface area (Å²) in [5.41, 5.74) is 2.95. The normalized spacial score (nSPS) is 19.9. The molecule has 0 spiro atoms. The van der Waals surface area contributed by atoms with Crippen LogP contribution in [0.4, 0.5) is 5.82 Å². The number of carbonyl (C=O) groups excluding carboxylic acids is 1. The zero-order valence-corrected chi connectivity index (χ0v) is 11.8. The lowest BCUT2D eigenvalue weighted by atomic mass is 10.1. The van der Waals surface area contributed by atoms with Gasteiger partial charge >= 0.3 is 0 Å². The van der Waals surface area contributed by atoms with Gasteiger partial charge in [0, 0.05) is 18.2 Å². The molecule has 1 atom stereocenters. The van der Waals surface area contributed by atoms with Crippen LogP contribution in [0.15, 0.2) is 12.1 Å². The number of nitrogen functional groups attached to an aromatic ring is 1. The van der Waals surface area contributed by atoms with Gasteiger partial charge < -0.3 is 10.3 Å². The summed E-state index contributed by atoms with van der Waals surface area (Å²) < 4.78 is 0. The number of rotatable bonds is 2. The zero-order chi connectivity index (χ0) is 13.8. The Morgan fingerprint density at radius 1 is 1.47 bits per heavy atom. The number of hydrogen-bond acceptors (Lipinski definition) is 4. The lowest BCUT2D eigenvalue weighted by Crippen LogP contribution is -2.38. The molecule has 1 saturated heterocycles. The van der Waals surface area contributed by atoms with Crippen LogP contribution in [0, 0.1) is 0 Å². The zero-order valence-electron chi connectivity index (χ0n) is 11.0. The number of aromatic nitrogens is 1. The third-order valence-corrected chi connectivity index (χ3v) is 3.70. The molecule has 6 heteroatoms. The molecule has 3 N–H and O–H groups in total. The predicted molar refractivity (Wildman–Crippen MR) is 76.0 cm³/mol. The van der Waals surface area contributed by atoms with Gasteiger partial charge in [0.15, 0.2) is 0 Å². The number of nitrogens with zero attached hydrogens (tertiary/aromatic N) is 2. The maximum Gasteiger partial charge on any atom is 0.254 e. The van der Waals surface area contributed by atoms with E-state index in [4.69, 9.17) is 17.4 Å². The molecule has 104 valence electrons. The molecule has 0 radical (unpaired) electrons. The summed E-state index contributed by atoms with van der Waals surface area (Å²) in [6, 6.07) is 3.48. The number of likely N-dealkylation sites (tertiary alicyclic amines) is 1. The summed E-state index contributed by atoms with van der Waals surface area (Å²) in [6.07, 6.45) is 4.46. The number of hydrogen-bond donors (Lipinski definition) is 2. The smallest absolute Gasteiger partial charge is 0.254 e. The van der Waals surface area contributed by atoms with E-state index >= 15 is 0 Å². The summed E-state index contributed by atoms with van der Waals surface area (Å²) in [5.74, 6) is 5.72. The second kappa shape index (κ2) is 6.21. The van der Waals surface area contributed by atoms with Crippen LogP contribution in [-0.2, 0) is 0 Å². The Kier molecular flexibility index (Phi) is 4.61. The van der Waals surface area contributed by atoms with Gasteiger partial charge in [0.2, 0.25) is 0 Å². The summed E-state index contributed by atoms with van der Waals surface area (Å²) in [5, 5.41) is 0.265. The molecule has 0 aromatic carbocycles. The van der Waals surface area contributed by atoms with Crippen molar-refractivity contribution in [2.75, 3.05) is 12.0 Å². The summed E-state index contributed by atoms with van der Waals surface area (Å²) in [4.78, 5) is 18.4. The van der Waals surface area contributed by atoms with Gasteiger partial charge in [-0.05, 0) is 31.9 Å². The number of hydrazine groups is 1. The lowest BCUT2D eigenvalue weighted by Gasteiger charge is -2.27. The van der Waals surface area contributed by atoms with Crippen molar-refractivity contribution >= 4 is 23.3 Å². The highest BCUT2D eigenvalue weighted by Gasteiger charge is 2.23. The highest BCUT2D eigenvalue weighted by molar-refractivity contribution is 6.29. The summed E-state index contributed by atoms with van der Waals surface area (Å²) >= 11 is 5.90. The van der Waals surface area contributed by atoms with Crippen molar-refractivity contribution in [3.8, 4) is 0 Å². The Bertz CT molecular complexity index is 466. The van der Waals surface area contributed by atoms with E-state index in [0.717, 1.165) is 19.4 Å². The standard InChI is InChI=1S/C13H19ClN4O/c1-9-5-3-2-4-6-18(9)13(19)10-7-11(14)16-12(8-10)17-15/h7-9H,2-6,15H2,1H3,(H,16,17). The molecule has 1 amide bonds. The third-order valence-electron chi connectivity index (χ3n) is 3.50. The van der Waals surface area contributed by atoms with Crippen LogP contribution in [0.5, 0.6) is 0 Å². The largest absolute Gasteiger partial charge is 0.336 e. The molecule has 1 aliphatic rings. The number of nitrogens with two attached hydrogens (primary N) is 1. The SMILES string of the molecule is CC1CCCCCN1C(=O)c1cc(Cl)nc(NN)c1. The number of halogens is 1. The summed E-state index contributed by atoms with van der Waals surface area (Å²) in [6.45, 7) is 2.89. The quantitative estimate of drug-likeness (QED) is 0.496. The van der Waals surface area contributed by atoms with Gasteiger partial charge in [-0.25, -0.2) is 10.8 Å². The van der Waals surface area contributed by atoms with E-state index < -0.39 is 0 Å². The fourth-order valence-electron chi connectivity index (χ4n) is 2.44. The first-order valence-corrected chi connectivity index (χ1v) is 6.95. The van der Waals surface area contributed by atoms with Crippen molar-refractivity contribution < 1.29 is 4.79 Å². The molecule has 1 aromatic rings. The fraction of sp³-hybridized carbons (Fsp3) is 0.538. The monoisotopic (exact) mass is 282 g/mol. The lowest BCUT2D eigenvalue weighted by molar-refractivity contribution is 0.0698. The first-order chi connectivity index (χ1) is 9.11. The average Bonchev–Trinajstić information content (AvgIpc) is 2.61. The topological polar surface area (TPSA) is 71.2 Å². The van der Waals surface area contributed by atoms with Crippen LogP contribution in [0.2, 0.25) is 5.15 Å². The number of pyridine rings is 1. The molecule has 1 aliphatic heterocycles. The molecule has 2 heterocycles. The van der Waals surface area contributed by atoms with E-state index in [2.05, 4.69) is 17.3 Å². The minimum Gasteiger partial charge on any atom is -0.336 e. The molecule has 0 bridgehead atoms. The Morgan fingerprint density at radius 2 is 2.26 bits per heavy atom. The molecule has 1 fully saturated rings. The third kappa shape index (κ3) is 3.36. The van der Waals surface area contributed by atoms with Gasteiger partial charge in [-0.15, -0.1) is 0 Å². The van der Waals surface area contributed by atoms with Gasteiger partial charge in [0.25, 0.3) is 5.91 Å². The predicted octanol–water partition coefficient (Wildman–Crippen LogP) is 2.43. The number of anilines is 1. The molecule has 1 aromatic heterocycles. The van der Waals surface area contributed by atoms with Crippen molar-refractivity contribution in [3.05, 3.63) is 22.8 Å². The number of nitrogens with one attached hydrogen (secondary N) is 1. The van der Waals surface area contributed by atoms with E-state index in [9.17, 15) is 4.79 Å².